The average molecular weight is 265 g/mol. The van der Waals surface area contributed by atoms with Gasteiger partial charge in [-0.05, 0) is 36.4 Å². The van der Waals surface area contributed by atoms with E-state index in [1.165, 1.54) is 30.3 Å². The Kier molecular flexibility index (Phi) is 3.48. The van der Waals surface area contributed by atoms with Crippen molar-refractivity contribution in [1.82, 2.24) is 0 Å². The first kappa shape index (κ1) is 12.4. The van der Waals surface area contributed by atoms with Crippen LogP contribution in [0.25, 0.3) is 0 Å². The molecule has 0 saturated heterocycles. The zero-order valence-corrected chi connectivity index (χ0v) is 10.0. The van der Waals surface area contributed by atoms with E-state index in [1.54, 1.807) is 12.1 Å². The topological polar surface area (TPSA) is 55.1 Å². The molecule has 0 aromatic heterocycles. The van der Waals surface area contributed by atoms with Gasteiger partial charge in [0.25, 0.3) is 5.91 Å². The van der Waals surface area contributed by atoms with E-state index >= 15 is 0 Å². The van der Waals surface area contributed by atoms with Gasteiger partial charge in [0.2, 0.25) is 0 Å². The summed E-state index contributed by atoms with van der Waals surface area (Å²) in [7, 11) is 0. The van der Waals surface area contributed by atoms with Gasteiger partial charge in [0.1, 0.15) is 5.82 Å². The minimum atomic E-state index is -0.433. The van der Waals surface area contributed by atoms with Crippen LogP contribution in [0.3, 0.4) is 0 Å². The quantitative estimate of drug-likeness (QED) is 0.818. The maximum atomic E-state index is 13.0. The molecule has 0 aliphatic rings. The summed E-state index contributed by atoms with van der Waals surface area (Å²) in [6.45, 7) is 0. The van der Waals surface area contributed by atoms with Crippen molar-refractivity contribution in [3.8, 4) is 0 Å². The van der Waals surface area contributed by atoms with Gasteiger partial charge in [0.05, 0.1) is 10.6 Å². The number of hydrogen-bond acceptors (Lipinski definition) is 2. The van der Waals surface area contributed by atoms with Crippen LogP contribution in [-0.2, 0) is 0 Å². The fraction of sp³-hybridized carbons (Fsp3) is 0. The summed E-state index contributed by atoms with van der Waals surface area (Å²) in [5.41, 5.74) is 6.63. The van der Waals surface area contributed by atoms with Crippen LogP contribution in [-0.4, -0.2) is 5.91 Å². The molecule has 0 spiro atoms. The second kappa shape index (κ2) is 5.06. The number of carbonyl (C=O) groups excluding carboxylic acids is 1. The van der Waals surface area contributed by atoms with Crippen molar-refractivity contribution in [3.63, 3.8) is 0 Å². The smallest absolute Gasteiger partial charge is 0.257 e. The number of hydrogen-bond donors (Lipinski definition) is 2. The molecule has 0 aliphatic carbocycles. The van der Waals surface area contributed by atoms with Gasteiger partial charge in [-0.15, -0.1) is 0 Å². The molecule has 1 amide bonds. The van der Waals surface area contributed by atoms with Crippen LogP contribution in [0.5, 0.6) is 0 Å². The molecular weight excluding hydrogens is 255 g/mol. The summed E-state index contributed by atoms with van der Waals surface area (Å²) < 4.78 is 13.0. The molecule has 0 radical (unpaired) electrons. The Bertz CT molecular complexity index is 601. The molecule has 0 aliphatic heterocycles. The molecular formula is C13H10ClFN2O. The Morgan fingerprint density at radius 1 is 1.22 bits per heavy atom. The van der Waals surface area contributed by atoms with Crippen LogP contribution in [0.1, 0.15) is 10.4 Å². The first-order valence-corrected chi connectivity index (χ1v) is 5.56. The monoisotopic (exact) mass is 264 g/mol. The van der Waals surface area contributed by atoms with Crippen LogP contribution in [0.2, 0.25) is 5.02 Å². The molecule has 3 nitrogen and oxygen atoms in total. The maximum absolute atomic E-state index is 13.0. The van der Waals surface area contributed by atoms with Gasteiger partial charge >= 0.3 is 0 Å². The highest BCUT2D eigenvalue weighted by molar-refractivity contribution is 6.34. The fourth-order valence-electron chi connectivity index (χ4n) is 1.48. The molecule has 3 N–H and O–H groups in total. The number of benzene rings is 2. The highest BCUT2D eigenvalue weighted by Gasteiger charge is 2.11. The van der Waals surface area contributed by atoms with Gasteiger partial charge < -0.3 is 11.1 Å². The average Bonchev–Trinajstić information content (AvgIpc) is 2.32. The van der Waals surface area contributed by atoms with E-state index in [1.807, 2.05) is 0 Å². The van der Waals surface area contributed by atoms with Gasteiger partial charge in [0, 0.05) is 11.4 Å². The Labute approximate surface area is 108 Å². The van der Waals surface area contributed by atoms with E-state index in [9.17, 15) is 9.18 Å². The minimum Gasteiger partial charge on any atom is -0.399 e. The van der Waals surface area contributed by atoms with Crippen LogP contribution >= 0.6 is 11.6 Å². The molecule has 0 unspecified atom stereocenters. The fourth-order valence-corrected chi connectivity index (χ4v) is 1.68. The van der Waals surface area contributed by atoms with Gasteiger partial charge in [-0.2, -0.15) is 0 Å². The maximum Gasteiger partial charge on any atom is 0.257 e. The molecule has 2 rings (SSSR count). The summed E-state index contributed by atoms with van der Waals surface area (Å²) in [5.74, 6) is -0.857. The molecule has 0 atom stereocenters. The largest absolute Gasteiger partial charge is 0.399 e. The van der Waals surface area contributed by atoms with Crippen molar-refractivity contribution in [3.05, 3.63) is 58.9 Å². The van der Waals surface area contributed by atoms with Crippen LogP contribution in [0.4, 0.5) is 15.8 Å². The van der Waals surface area contributed by atoms with E-state index in [0.717, 1.165) is 0 Å². The number of nitrogen functional groups attached to an aromatic ring is 1. The summed E-state index contributed by atoms with van der Waals surface area (Å²) in [6, 6.07) is 10.2. The second-order valence-corrected chi connectivity index (χ2v) is 4.11. The zero-order chi connectivity index (χ0) is 13.1. The van der Waals surface area contributed by atoms with Crippen LogP contribution < -0.4 is 11.1 Å². The summed E-state index contributed by atoms with van der Waals surface area (Å²) in [6.07, 6.45) is 0. The molecule has 0 fully saturated rings. The molecule has 5 heteroatoms. The van der Waals surface area contributed by atoms with Gasteiger partial charge in [-0.25, -0.2) is 4.39 Å². The zero-order valence-electron chi connectivity index (χ0n) is 9.28. The van der Waals surface area contributed by atoms with Crippen molar-refractivity contribution in [1.29, 1.82) is 0 Å². The Morgan fingerprint density at radius 3 is 2.72 bits per heavy atom. The predicted octanol–water partition coefficient (Wildman–Crippen LogP) is 3.31. The third-order valence-corrected chi connectivity index (χ3v) is 2.65. The lowest BCUT2D eigenvalue weighted by Gasteiger charge is -2.07. The van der Waals surface area contributed by atoms with Crippen molar-refractivity contribution in [2.24, 2.45) is 0 Å². The number of amides is 1. The van der Waals surface area contributed by atoms with Crippen LogP contribution in [0, 0.1) is 5.82 Å². The molecule has 2 aromatic rings. The summed E-state index contributed by atoms with van der Waals surface area (Å²) in [4.78, 5) is 11.9. The van der Waals surface area contributed by atoms with E-state index in [0.29, 0.717) is 11.4 Å². The van der Waals surface area contributed by atoms with Crippen molar-refractivity contribution in [2.45, 2.75) is 0 Å². The first-order valence-electron chi connectivity index (χ1n) is 5.18. The number of rotatable bonds is 2. The lowest BCUT2D eigenvalue weighted by atomic mass is 10.2. The van der Waals surface area contributed by atoms with E-state index in [-0.39, 0.29) is 10.6 Å². The number of halogens is 2. The number of nitrogens with one attached hydrogen (secondary N) is 1. The standard InChI is InChI=1S/C13H10ClFN2O/c14-12-5-4-9(16)7-11(12)13(18)17-10-3-1-2-8(15)6-10/h1-7H,16H2,(H,17,18). The van der Waals surface area contributed by atoms with Gasteiger partial charge in [0.15, 0.2) is 0 Å². The third-order valence-electron chi connectivity index (χ3n) is 2.32. The van der Waals surface area contributed by atoms with Crippen molar-refractivity contribution in [2.75, 3.05) is 11.1 Å². The van der Waals surface area contributed by atoms with Crippen LogP contribution in [0.15, 0.2) is 42.5 Å². The Morgan fingerprint density at radius 2 is 2.00 bits per heavy atom. The molecule has 0 saturated carbocycles. The summed E-state index contributed by atoms with van der Waals surface area (Å²) in [5, 5.41) is 2.84. The van der Waals surface area contributed by atoms with Gasteiger partial charge in [-0.3, -0.25) is 4.79 Å². The highest BCUT2D eigenvalue weighted by atomic mass is 35.5. The SMILES string of the molecule is Nc1ccc(Cl)c(C(=O)Nc2cccc(F)c2)c1. The van der Waals surface area contributed by atoms with E-state index in [2.05, 4.69) is 5.32 Å². The van der Waals surface area contributed by atoms with E-state index < -0.39 is 11.7 Å². The lowest BCUT2D eigenvalue weighted by molar-refractivity contribution is 0.102. The summed E-state index contributed by atoms with van der Waals surface area (Å²) >= 11 is 5.90. The van der Waals surface area contributed by atoms with E-state index in [4.69, 9.17) is 17.3 Å². The molecule has 0 bridgehead atoms. The Hall–Kier alpha value is -2.07. The normalized spacial score (nSPS) is 10.1. The third kappa shape index (κ3) is 2.78. The first-order chi connectivity index (χ1) is 8.56. The second-order valence-electron chi connectivity index (χ2n) is 3.70. The minimum absolute atomic E-state index is 0.251. The molecule has 18 heavy (non-hydrogen) atoms. The molecule has 92 valence electrons. The number of carbonyl (C=O) groups is 1. The molecule has 2 aromatic carbocycles. The van der Waals surface area contributed by atoms with Crippen molar-refractivity contribution >= 4 is 28.9 Å². The predicted molar refractivity (Wildman–Crippen MR) is 70.2 cm³/mol. The van der Waals surface area contributed by atoms with Crippen molar-refractivity contribution < 1.29 is 9.18 Å². The number of anilines is 2. The van der Waals surface area contributed by atoms with Gasteiger partial charge in [-0.1, -0.05) is 17.7 Å². The molecule has 0 heterocycles. The lowest BCUT2D eigenvalue weighted by Crippen LogP contribution is -2.12. The highest BCUT2D eigenvalue weighted by Crippen LogP contribution is 2.20. The Balaban J connectivity index is 2.24. The number of nitrogens with two attached hydrogens (primary N) is 1.